The number of thioether (sulfide) groups is 2. The Labute approximate surface area is 229 Å². The molecule has 1 aromatic rings. The lowest BCUT2D eigenvalue weighted by Gasteiger charge is -2.28. The highest BCUT2D eigenvalue weighted by molar-refractivity contribution is 7.99. The number of amides is 3. The number of hydrogen-bond acceptors (Lipinski definition) is 7. The molecule has 206 valence electrons. The van der Waals surface area contributed by atoms with Gasteiger partial charge < -0.3 is 20.1 Å². The van der Waals surface area contributed by atoms with Crippen LogP contribution in [0.1, 0.15) is 58.4 Å². The van der Waals surface area contributed by atoms with Crippen molar-refractivity contribution in [3.63, 3.8) is 0 Å². The van der Waals surface area contributed by atoms with Gasteiger partial charge in [-0.3, -0.25) is 14.5 Å². The van der Waals surface area contributed by atoms with Crippen molar-refractivity contribution in [3.05, 3.63) is 29.8 Å². The number of carbonyl (C=O) groups is 3. The summed E-state index contributed by atoms with van der Waals surface area (Å²) in [5.74, 6) is 3.21. The molecule has 3 amide bonds. The molecule has 0 bridgehead atoms. The third kappa shape index (κ3) is 9.63. The smallest absolute Gasteiger partial charge is 0.411 e. The molecular formula is C27H41N3O5S2. The van der Waals surface area contributed by atoms with E-state index in [0.29, 0.717) is 29.8 Å². The van der Waals surface area contributed by atoms with Crippen molar-refractivity contribution in [2.24, 2.45) is 5.92 Å². The molecule has 1 saturated carbocycles. The standard InChI is InChI=1S/C27H41N3O5S2/c1-27(2,3)35-26(33)30-18-37-17-23(30)25(32)29-22(16-36-15-20-8-6-5-7-9-20)24(31)28-14-19-10-12-21(34-4)13-11-19/h10-13,20,22-23H,5-9,14-18H2,1-4H3,(H,28,31)(H,29,32)/t22-,23+/m1/s1. The van der Waals surface area contributed by atoms with Crippen molar-refractivity contribution in [1.82, 2.24) is 15.5 Å². The van der Waals surface area contributed by atoms with E-state index in [4.69, 9.17) is 9.47 Å². The predicted molar refractivity (Wildman–Crippen MR) is 150 cm³/mol. The third-order valence-corrected chi connectivity index (χ3v) is 8.72. The van der Waals surface area contributed by atoms with Crippen LogP contribution in [-0.2, 0) is 20.9 Å². The minimum atomic E-state index is -0.689. The summed E-state index contributed by atoms with van der Waals surface area (Å²) in [5, 5.41) is 5.91. The predicted octanol–water partition coefficient (Wildman–Crippen LogP) is 4.42. The summed E-state index contributed by atoms with van der Waals surface area (Å²) in [6, 6.07) is 6.15. The highest BCUT2D eigenvalue weighted by Crippen LogP contribution is 2.27. The molecule has 1 aliphatic carbocycles. The Bertz CT molecular complexity index is 900. The van der Waals surface area contributed by atoms with Crippen LogP contribution in [0, 0.1) is 5.92 Å². The maximum Gasteiger partial charge on any atom is 0.411 e. The van der Waals surface area contributed by atoms with Gasteiger partial charge in [0.2, 0.25) is 11.8 Å². The Morgan fingerprint density at radius 2 is 1.84 bits per heavy atom. The molecule has 1 saturated heterocycles. The van der Waals surface area contributed by atoms with E-state index in [-0.39, 0.29) is 11.8 Å². The number of carbonyl (C=O) groups excluding carboxylic acids is 3. The normalized spacial score (nSPS) is 19.2. The fourth-order valence-corrected chi connectivity index (χ4v) is 6.79. The molecular weight excluding hydrogens is 510 g/mol. The van der Waals surface area contributed by atoms with Gasteiger partial charge in [0.15, 0.2) is 0 Å². The minimum absolute atomic E-state index is 0.227. The maximum absolute atomic E-state index is 13.3. The molecule has 2 N–H and O–H groups in total. The van der Waals surface area contributed by atoms with Crippen LogP contribution in [0.4, 0.5) is 4.79 Å². The Morgan fingerprint density at radius 1 is 1.14 bits per heavy atom. The van der Waals surface area contributed by atoms with E-state index in [2.05, 4.69) is 10.6 Å². The monoisotopic (exact) mass is 551 g/mol. The van der Waals surface area contributed by atoms with Crippen LogP contribution in [-0.4, -0.2) is 70.7 Å². The van der Waals surface area contributed by atoms with Crippen molar-refractivity contribution in [3.8, 4) is 5.75 Å². The Kier molecular flexibility index (Phi) is 11.3. The van der Waals surface area contributed by atoms with Crippen LogP contribution in [0.25, 0.3) is 0 Å². The third-order valence-electron chi connectivity index (χ3n) is 6.43. The molecule has 2 fully saturated rings. The second-order valence-electron chi connectivity index (χ2n) is 10.6. The van der Waals surface area contributed by atoms with Crippen LogP contribution >= 0.6 is 23.5 Å². The second-order valence-corrected chi connectivity index (χ2v) is 12.7. The first-order valence-corrected chi connectivity index (χ1v) is 15.3. The summed E-state index contributed by atoms with van der Waals surface area (Å²) >= 11 is 3.22. The molecule has 1 aliphatic heterocycles. The fourth-order valence-electron chi connectivity index (χ4n) is 4.37. The maximum atomic E-state index is 13.3. The molecule has 0 spiro atoms. The zero-order valence-electron chi connectivity index (χ0n) is 22.4. The van der Waals surface area contributed by atoms with Crippen molar-refractivity contribution >= 4 is 41.4 Å². The van der Waals surface area contributed by atoms with Crippen LogP contribution in [0.2, 0.25) is 0 Å². The van der Waals surface area contributed by atoms with Crippen LogP contribution in [0.15, 0.2) is 24.3 Å². The Balaban J connectivity index is 1.61. The van der Waals surface area contributed by atoms with Crippen LogP contribution < -0.4 is 15.4 Å². The summed E-state index contributed by atoms with van der Waals surface area (Å²) in [6.07, 6.45) is 5.81. The summed E-state index contributed by atoms with van der Waals surface area (Å²) in [5.41, 5.74) is 0.294. The van der Waals surface area contributed by atoms with Gasteiger partial charge in [-0.1, -0.05) is 31.4 Å². The topological polar surface area (TPSA) is 97.0 Å². The van der Waals surface area contributed by atoms with E-state index in [9.17, 15) is 14.4 Å². The molecule has 37 heavy (non-hydrogen) atoms. The first-order chi connectivity index (χ1) is 17.7. The van der Waals surface area contributed by atoms with E-state index in [1.54, 1.807) is 39.6 Å². The van der Waals surface area contributed by atoms with Crippen molar-refractivity contribution in [2.45, 2.75) is 77.1 Å². The highest BCUT2D eigenvalue weighted by atomic mass is 32.2. The van der Waals surface area contributed by atoms with Crippen LogP contribution in [0.5, 0.6) is 5.75 Å². The summed E-state index contributed by atoms with van der Waals surface area (Å²) in [6.45, 7) is 5.76. The van der Waals surface area contributed by atoms with Gasteiger partial charge in [0, 0.05) is 18.1 Å². The SMILES string of the molecule is COc1ccc(CNC(=O)[C@@H](CSCC2CCCCC2)NC(=O)[C@@H]2CSCN2C(=O)OC(C)(C)C)cc1. The van der Waals surface area contributed by atoms with Gasteiger partial charge in [0.05, 0.1) is 13.0 Å². The Hall–Kier alpha value is -2.07. The molecule has 10 heteroatoms. The second kappa shape index (κ2) is 14.2. The molecule has 2 aliphatic rings. The number of methoxy groups -OCH3 is 1. The largest absolute Gasteiger partial charge is 0.497 e. The van der Waals surface area contributed by atoms with Crippen molar-refractivity contribution in [2.75, 3.05) is 30.2 Å². The van der Waals surface area contributed by atoms with Crippen molar-refractivity contribution in [1.29, 1.82) is 0 Å². The zero-order valence-corrected chi connectivity index (χ0v) is 24.1. The minimum Gasteiger partial charge on any atom is -0.497 e. The summed E-state index contributed by atoms with van der Waals surface area (Å²) in [7, 11) is 1.61. The van der Waals surface area contributed by atoms with Gasteiger partial charge in [-0.25, -0.2) is 4.79 Å². The number of nitrogens with zero attached hydrogens (tertiary/aromatic N) is 1. The number of rotatable bonds is 10. The summed E-state index contributed by atoms with van der Waals surface area (Å²) < 4.78 is 10.7. The average Bonchev–Trinajstić information content (AvgIpc) is 3.37. The van der Waals surface area contributed by atoms with Gasteiger partial charge >= 0.3 is 6.09 Å². The van der Waals surface area contributed by atoms with E-state index in [1.165, 1.54) is 48.8 Å². The van der Waals surface area contributed by atoms with E-state index in [0.717, 1.165) is 17.1 Å². The lowest BCUT2D eigenvalue weighted by atomic mass is 9.91. The lowest BCUT2D eigenvalue weighted by molar-refractivity contribution is -0.130. The molecule has 1 aromatic carbocycles. The zero-order chi connectivity index (χ0) is 26.8. The lowest BCUT2D eigenvalue weighted by Crippen LogP contribution is -2.55. The van der Waals surface area contributed by atoms with Gasteiger partial charge in [-0.05, 0) is 63.0 Å². The molecule has 1 heterocycles. The van der Waals surface area contributed by atoms with Crippen LogP contribution in [0.3, 0.4) is 0 Å². The number of hydrogen-bond donors (Lipinski definition) is 2. The molecule has 2 atom stereocenters. The van der Waals surface area contributed by atoms with Gasteiger partial charge in [0.25, 0.3) is 0 Å². The molecule has 8 nitrogen and oxygen atoms in total. The molecule has 0 radical (unpaired) electrons. The first-order valence-electron chi connectivity index (χ1n) is 13.0. The molecule has 3 rings (SSSR count). The highest BCUT2D eigenvalue weighted by Gasteiger charge is 2.38. The average molecular weight is 552 g/mol. The van der Waals surface area contributed by atoms with E-state index >= 15 is 0 Å². The van der Waals surface area contributed by atoms with E-state index in [1.807, 2.05) is 24.3 Å². The van der Waals surface area contributed by atoms with Gasteiger partial charge in [-0.2, -0.15) is 11.8 Å². The van der Waals surface area contributed by atoms with E-state index < -0.39 is 23.8 Å². The number of benzene rings is 1. The quantitative estimate of drug-likeness (QED) is 0.444. The number of nitrogens with one attached hydrogen (secondary N) is 2. The number of ether oxygens (including phenoxy) is 2. The van der Waals surface area contributed by atoms with Gasteiger partial charge in [-0.15, -0.1) is 11.8 Å². The van der Waals surface area contributed by atoms with Gasteiger partial charge in [0.1, 0.15) is 23.4 Å². The first kappa shape index (κ1) is 29.5. The molecule has 0 unspecified atom stereocenters. The molecule has 0 aromatic heterocycles. The van der Waals surface area contributed by atoms with Crippen molar-refractivity contribution < 1.29 is 23.9 Å². The fraction of sp³-hybridized carbons (Fsp3) is 0.667. The Morgan fingerprint density at radius 3 is 2.49 bits per heavy atom. The summed E-state index contributed by atoms with van der Waals surface area (Å²) in [4.78, 5) is 40.6.